The number of rotatable bonds is 6. The minimum atomic E-state index is -2.69. The average molecular weight is 438 g/mol. The molecule has 2 heterocycles. The van der Waals surface area contributed by atoms with Crippen molar-refractivity contribution in [1.29, 1.82) is 0 Å². The Hall–Kier alpha value is -3.85. The fourth-order valence-electron chi connectivity index (χ4n) is 3.46. The van der Waals surface area contributed by atoms with E-state index in [-0.39, 0.29) is 28.9 Å². The molecule has 0 aliphatic rings. The maximum Gasteiger partial charge on any atom is 0.280 e. The van der Waals surface area contributed by atoms with E-state index in [4.69, 9.17) is 0 Å². The summed E-state index contributed by atoms with van der Waals surface area (Å²) in [5, 5.41) is 9.26. The molecule has 0 unspecified atom stereocenters. The van der Waals surface area contributed by atoms with Gasteiger partial charge < -0.3 is 14.7 Å². The van der Waals surface area contributed by atoms with Crippen molar-refractivity contribution in [2.75, 3.05) is 6.61 Å². The number of imidazole rings is 1. The smallest absolute Gasteiger partial charge is 0.280 e. The zero-order valence-corrected chi connectivity index (χ0v) is 16.9. The SMILES string of the molecule is O=C(/N=c1\[nH]c2cc(-n3ccccc3=O)ccc2n1CCCO)c1cccc(C(F)F)c1. The van der Waals surface area contributed by atoms with Crippen LogP contribution in [0.5, 0.6) is 0 Å². The second kappa shape index (κ2) is 9.11. The highest BCUT2D eigenvalue weighted by Gasteiger charge is 2.13. The van der Waals surface area contributed by atoms with Crippen LogP contribution in [0.25, 0.3) is 16.7 Å². The topological polar surface area (TPSA) is 92.4 Å². The van der Waals surface area contributed by atoms with E-state index in [0.29, 0.717) is 24.2 Å². The van der Waals surface area contributed by atoms with E-state index in [0.717, 1.165) is 11.6 Å². The number of nitrogens with zero attached hydrogens (tertiary/aromatic N) is 3. The van der Waals surface area contributed by atoms with Crippen molar-refractivity contribution >= 4 is 16.9 Å². The highest BCUT2D eigenvalue weighted by atomic mass is 19.3. The van der Waals surface area contributed by atoms with Crippen molar-refractivity contribution in [3.05, 3.63) is 94.0 Å². The van der Waals surface area contributed by atoms with Crippen LogP contribution in [0.2, 0.25) is 0 Å². The number of hydrogen-bond donors (Lipinski definition) is 2. The largest absolute Gasteiger partial charge is 0.396 e. The van der Waals surface area contributed by atoms with Crippen LogP contribution in [0, 0.1) is 0 Å². The van der Waals surface area contributed by atoms with E-state index in [9.17, 15) is 23.5 Å². The predicted molar refractivity (Wildman–Crippen MR) is 115 cm³/mol. The van der Waals surface area contributed by atoms with Crippen molar-refractivity contribution in [1.82, 2.24) is 14.1 Å². The molecule has 0 fully saturated rings. The first-order valence-electron chi connectivity index (χ1n) is 9.96. The lowest BCUT2D eigenvalue weighted by Gasteiger charge is -2.06. The van der Waals surface area contributed by atoms with Gasteiger partial charge in [0.2, 0.25) is 5.62 Å². The zero-order valence-electron chi connectivity index (χ0n) is 16.9. The number of halogens is 2. The predicted octanol–water partition coefficient (Wildman–Crippen LogP) is 3.18. The molecule has 0 saturated carbocycles. The molecule has 0 atom stereocenters. The van der Waals surface area contributed by atoms with E-state index in [1.165, 1.54) is 28.8 Å². The first-order chi connectivity index (χ1) is 15.5. The fraction of sp³-hybridized carbons (Fsp3) is 0.174. The van der Waals surface area contributed by atoms with Gasteiger partial charge in [-0.1, -0.05) is 18.2 Å². The lowest BCUT2D eigenvalue weighted by atomic mass is 10.1. The molecule has 0 bridgehead atoms. The molecule has 0 aliphatic carbocycles. The van der Waals surface area contributed by atoms with Crippen LogP contribution in [0.15, 0.2) is 76.6 Å². The highest BCUT2D eigenvalue weighted by Crippen LogP contribution is 2.20. The number of carbonyl (C=O) groups excluding carboxylic acids is 1. The first-order valence-corrected chi connectivity index (χ1v) is 9.96. The molecule has 0 aliphatic heterocycles. The Morgan fingerprint density at radius 3 is 2.69 bits per heavy atom. The summed E-state index contributed by atoms with van der Waals surface area (Å²) in [4.78, 5) is 32.0. The molecule has 4 aromatic rings. The maximum absolute atomic E-state index is 13.0. The quantitative estimate of drug-likeness (QED) is 0.484. The number of amides is 1. The van der Waals surface area contributed by atoms with Crippen LogP contribution in [0.1, 0.15) is 28.8 Å². The highest BCUT2D eigenvalue weighted by molar-refractivity contribution is 5.95. The van der Waals surface area contributed by atoms with Gasteiger partial charge in [0.1, 0.15) is 0 Å². The number of aryl methyl sites for hydroxylation is 1. The number of pyridine rings is 1. The van der Waals surface area contributed by atoms with Crippen molar-refractivity contribution in [2.45, 2.75) is 19.4 Å². The van der Waals surface area contributed by atoms with E-state index >= 15 is 0 Å². The minimum Gasteiger partial charge on any atom is -0.396 e. The lowest BCUT2D eigenvalue weighted by molar-refractivity contribution is 0.0996. The van der Waals surface area contributed by atoms with Crippen LogP contribution < -0.4 is 11.2 Å². The number of fused-ring (bicyclic) bond motifs is 1. The Morgan fingerprint density at radius 2 is 1.94 bits per heavy atom. The Labute approximate surface area is 180 Å². The standard InChI is InChI=1S/C23H20F2N4O3/c24-21(25)15-5-3-6-16(13-15)22(32)27-23-26-18-14-17(28-10-2-1-7-20(28)31)8-9-19(18)29(23)11-4-12-30/h1-3,5-10,13-14,21,30H,4,11-12H2,(H,26,27,32). The number of H-pyrrole nitrogens is 1. The summed E-state index contributed by atoms with van der Waals surface area (Å²) in [5.41, 5.74) is 1.80. The molecule has 2 aromatic heterocycles. The van der Waals surface area contributed by atoms with Crippen LogP contribution >= 0.6 is 0 Å². The van der Waals surface area contributed by atoms with Gasteiger partial charge in [-0.2, -0.15) is 4.99 Å². The first kappa shape index (κ1) is 21.4. The molecule has 1 amide bonds. The van der Waals surface area contributed by atoms with Crippen molar-refractivity contribution in [2.24, 2.45) is 4.99 Å². The van der Waals surface area contributed by atoms with Crippen molar-refractivity contribution < 1.29 is 18.7 Å². The van der Waals surface area contributed by atoms with Gasteiger partial charge in [0.25, 0.3) is 17.9 Å². The molecule has 7 nitrogen and oxygen atoms in total. The number of hydrogen-bond acceptors (Lipinski definition) is 3. The van der Waals surface area contributed by atoms with E-state index in [1.807, 2.05) is 0 Å². The number of aliphatic hydroxyl groups excluding tert-OH is 1. The fourth-order valence-corrected chi connectivity index (χ4v) is 3.46. The van der Waals surface area contributed by atoms with Gasteiger partial charge in [0.15, 0.2) is 0 Å². The Bertz CT molecular complexity index is 1400. The number of carbonyl (C=O) groups is 1. The number of alkyl halides is 2. The number of aliphatic hydroxyl groups is 1. The number of aromatic nitrogens is 3. The van der Waals surface area contributed by atoms with E-state index in [2.05, 4.69) is 9.98 Å². The molecule has 0 radical (unpaired) electrons. The van der Waals surface area contributed by atoms with Crippen LogP contribution in [0.4, 0.5) is 8.78 Å². The molecule has 9 heteroatoms. The summed E-state index contributed by atoms with van der Waals surface area (Å²) >= 11 is 0. The molecule has 32 heavy (non-hydrogen) atoms. The van der Waals surface area contributed by atoms with Gasteiger partial charge >= 0.3 is 0 Å². The van der Waals surface area contributed by atoms with Crippen LogP contribution in [-0.2, 0) is 6.54 Å². The number of aromatic amines is 1. The molecular formula is C23H20F2N4O3. The van der Waals surface area contributed by atoms with E-state index in [1.54, 1.807) is 41.1 Å². The third-order valence-electron chi connectivity index (χ3n) is 5.01. The van der Waals surface area contributed by atoms with Crippen LogP contribution in [-0.4, -0.2) is 31.7 Å². The third kappa shape index (κ3) is 4.28. The van der Waals surface area contributed by atoms with Gasteiger partial charge in [0.05, 0.1) is 16.7 Å². The Kier molecular flexibility index (Phi) is 6.09. The molecular weight excluding hydrogens is 418 g/mol. The maximum atomic E-state index is 13.0. The monoisotopic (exact) mass is 438 g/mol. The van der Waals surface area contributed by atoms with Crippen LogP contribution in [0.3, 0.4) is 0 Å². The summed E-state index contributed by atoms with van der Waals surface area (Å²) in [6, 6.07) is 15.4. The molecule has 2 N–H and O–H groups in total. The average Bonchev–Trinajstić information content (AvgIpc) is 3.14. The van der Waals surface area contributed by atoms with Gasteiger partial charge in [-0.15, -0.1) is 0 Å². The number of benzene rings is 2. The summed E-state index contributed by atoms with van der Waals surface area (Å²) in [6.45, 7) is 0.325. The van der Waals surface area contributed by atoms with Crippen molar-refractivity contribution in [3.8, 4) is 5.69 Å². The normalized spacial score (nSPS) is 12.1. The third-order valence-corrected chi connectivity index (χ3v) is 5.01. The Balaban J connectivity index is 1.82. The summed E-state index contributed by atoms with van der Waals surface area (Å²) in [6.07, 6.45) is -0.614. The lowest BCUT2D eigenvalue weighted by Crippen LogP contribution is -2.21. The summed E-state index contributed by atoms with van der Waals surface area (Å²) in [7, 11) is 0. The molecule has 2 aromatic carbocycles. The van der Waals surface area contributed by atoms with Gasteiger partial charge in [-0.25, -0.2) is 8.78 Å². The minimum absolute atomic E-state index is 0.0479. The molecule has 0 saturated heterocycles. The van der Waals surface area contributed by atoms with Gasteiger partial charge in [-0.3, -0.25) is 14.2 Å². The molecule has 0 spiro atoms. The summed E-state index contributed by atoms with van der Waals surface area (Å²) in [5.74, 6) is -0.670. The van der Waals surface area contributed by atoms with Gasteiger partial charge in [0, 0.05) is 36.5 Å². The van der Waals surface area contributed by atoms with Crippen molar-refractivity contribution in [3.63, 3.8) is 0 Å². The summed E-state index contributed by atoms with van der Waals surface area (Å²) < 4.78 is 29.2. The van der Waals surface area contributed by atoms with Gasteiger partial charge in [-0.05, 0) is 42.8 Å². The molecule has 4 rings (SSSR count). The zero-order chi connectivity index (χ0) is 22.7. The van der Waals surface area contributed by atoms with E-state index < -0.39 is 12.3 Å². The second-order valence-corrected chi connectivity index (χ2v) is 7.13. The molecule has 164 valence electrons. The Morgan fingerprint density at radius 1 is 1.09 bits per heavy atom. The second-order valence-electron chi connectivity index (χ2n) is 7.13. The number of nitrogens with one attached hydrogen (secondary N) is 1.